The predicted octanol–water partition coefficient (Wildman–Crippen LogP) is 15.7. The van der Waals surface area contributed by atoms with E-state index in [1.807, 2.05) is 0 Å². The van der Waals surface area contributed by atoms with Crippen molar-refractivity contribution in [3.05, 3.63) is 142 Å². The Labute approximate surface area is 402 Å². The molecule has 65 heavy (non-hydrogen) atoms. The highest BCUT2D eigenvalue weighted by Crippen LogP contribution is 2.55. The SMILES string of the molecule is CC(C)(C)c1cc(P(c2cc(C(C)(C)C)cc(C(C)(C)C)c2)c2ccccc2[P+](C)(c2cc(C(C)(C)C)cc(C(C)(C)C)c2)c2cc(C(C)(C)C)cc(C(C)(C)C)c2)cc(C(C)(C)C)c1. The monoisotopic (exact) mass is 910 g/mol. The predicted molar refractivity (Wildman–Crippen MR) is 299 cm³/mol. The van der Waals surface area contributed by atoms with Gasteiger partial charge in [0, 0.05) is 5.30 Å². The summed E-state index contributed by atoms with van der Waals surface area (Å²) in [5.41, 5.74) is 11.1. The standard InChI is InChI=1S/C63H91P2/c1-56(2,3)42-30-43(57(4,5)6)35-50(34-42)64(51-36-44(58(7,8)9)31-45(37-51)59(10,11)12)54-28-26-27-29-55(54)65(25,52-38-46(60(13,14)15)32-47(39-52)61(16,17)18)53-40-48(62(19,20)21)33-49(41-53)63(22,23)24/h26-41H,1-25H3/q+1. The second kappa shape index (κ2) is 17.5. The lowest BCUT2D eigenvalue weighted by atomic mass is 9.81. The van der Waals surface area contributed by atoms with Crippen LogP contribution < -0.4 is 31.8 Å². The van der Waals surface area contributed by atoms with Crippen molar-refractivity contribution in [2.45, 2.75) is 209 Å². The maximum atomic E-state index is 2.68. The van der Waals surface area contributed by atoms with Gasteiger partial charge in [0.05, 0.1) is 6.66 Å². The first-order valence-corrected chi connectivity index (χ1v) is 28.1. The first-order chi connectivity index (χ1) is 29.1. The largest absolute Gasteiger partial charge is 0.112 e. The molecule has 0 saturated heterocycles. The van der Waals surface area contributed by atoms with E-state index in [4.69, 9.17) is 0 Å². The Morgan fingerprint density at radius 1 is 0.292 bits per heavy atom. The molecule has 0 spiro atoms. The van der Waals surface area contributed by atoms with Crippen molar-refractivity contribution in [1.29, 1.82) is 0 Å². The molecule has 5 aromatic carbocycles. The number of benzene rings is 5. The van der Waals surface area contributed by atoms with Gasteiger partial charge in [0.2, 0.25) is 0 Å². The van der Waals surface area contributed by atoms with Crippen molar-refractivity contribution in [1.82, 2.24) is 0 Å². The summed E-state index contributed by atoms with van der Waals surface area (Å²) >= 11 is 0. The van der Waals surface area contributed by atoms with E-state index in [0.717, 1.165) is 0 Å². The Morgan fingerprint density at radius 2 is 0.508 bits per heavy atom. The van der Waals surface area contributed by atoms with E-state index in [1.165, 1.54) is 76.3 Å². The maximum absolute atomic E-state index is 2.68. The lowest BCUT2D eigenvalue weighted by molar-refractivity contribution is 0.568. The fourth-order valence-corrected chi connectivity index (χ4v) is 15.3. The molecular formula is C63H91P2+. The van der Waals surface area contributed by atoms with Crippen molar-refractivity contribution in [3.8, 4) is 0 Å². The molecular weight excluding hydrogens is 819 g/mol. The Balaban J connectivity index is 2.13. The van der Waals surface area contributed by atoms with E-state index in [2.05, 4.69) is 270 Å². The summed E-state index contributed by atoms with van der Waals surface area (Å²) in [6, 6.07) is 40.7. The highest BCUT2D eigenvalue weighted by Gasteiger charge is 2.46. The molecule has 0 aliphatic rings. The molecule has 0 unspecified atom stereocenters. The lowest BCUT2D eigenvalue weighted by Gasteiger charge is -2.35. The second-order valence-electron chi connectivity index (χ2n) is 27.9. The average Bonchev–Trinajstić information content (AvgIpc) is 3.14. The normalized spacial score (nSPS) is 14.1. The van der Waals surface area contributed by atoms with Crippen molar-refractivity contribution in [2.24, 2.45) is 0 Å². The third kappa shape index (κ3) is 11.8. The molecule has 0 heterocycles. The van der Waals surface area contributed by atoms with Gasteiger partial charge in [-0.25, -0.2) is 0 Å². The molecule has 0 aromatic heterocycles. The lowest BCUT2D eigenvalue weighted by Crippen LogP contribution is -2.41. The molecule has 5 rings (SSSR count). The van der Waals surface area contributed by atoms with Gasteiger partial charge in [0.15, 0.2) is 0 Å². The molecule has 0 bridgehead atoms. The highest BCUT2D eigenvalue weighted by atomic mass is 31.2. The quantitative estimate of drug-likeness (QED) is 0.149. The van der Waals surface area contributed by atoms with Gasteiger partial charge in [-0.3, -0.25) is 0 Å². The van der Waals surface area contributed by atoms with Crippen LogP contribution in [0.15, 0.2) is 97.1 Å². The Hall–Kier alpha value is -3.04. The van der Waals surface area contributed by atoms with Gasteiger partial charge in [0.25, 0.3) is 0 Å². The van der Waals surface area contributed by atoms with Crippen molar-refractivity contribution < 1.29 is 0 Å². The van der Waals surface area contributed by atoms with E-state index in [9.17, 15) is 0 Å². The fourth-order valence-electron chi connectivity index (χ4n) is 8.57. The Bertz CT molecular complexity index is 2220. The van der Waals surface area contributed by atoms with E-state index >= 15 is 0 Å². The molecule has 2 heteroatoms. The number of hydrogen-bond donors (Lipinski definition) is 0. The summed E-state index contributed by atoms with van der Waals surface area (Å²) in [5, 5.41) is 8.81. The highest BCUT2D eigenvalue weighted by molar-refractivity contribution is 7.96. The average molecular weight is 910 g/mol. The van der Waals surface area contributed by atoms with Gasteiger partial charge in [-0.05, 0) is 143 Å². The third-order valence-electron chi connectivity index (χ3n) is 13.8. The smallest absolute Gasteiger partial charge is 0.0613 e. The van der Waals surface area contributed by atoms with Crippen LogP contribution in [-0.2, 0) is 43.3 Å². The summed E-state index contributed by atoms with van der Waals surface area (Å²) < 4.78 is 0. The van der Waals surface area contributed by atoms with Crippen LogP contribution in [-0.4, -0.2) is 6.66 Å². The van der Waals surface area contributed by atoms with Gasteiger partial charge in [-0.2, -0.15) is 0 Å². The van der Waals surface area contributed by atoms with Crippen LogP contribution >= 0.6 is 15.2 Å². The van der Waals surface area contributed by atoms with Crippen LogP contribution in [0.2, 0.25) is 0 Å². The molecule has 0 amide bonds. The van der Waals surface area contributed by atoms with Crippen molar-refractivity contribution in [2.75, 3.05) is 6.66 Å². The van der Waals surface area contributed by atoms with Gasteiger partial charge < -0.3 is 0 Å². The third-order valence-corrected chi connectivity index (χ3v) is 20.3. The van der Waals surface area contributed by atoms with Crippen molar-refractivity contribution in [3.63, 3.8) is 0 Å². The fraction of sp³-hybridized carbons (Fsp3) is 0.524. The summed E-state index contributed by atoms with van der Waals surface area (Å²) in [4.78, 5) is 0. The summed E-state index contributed by atoms with van der Waals surface area (Å²) in [7, 11) is -3.46. The van der Waals surface area contributed by atoms with Crippen LogP contribution in [0.5, 0.6) is 0 Å². The van der Waals surface area contributed by atoms with Gasteiger partial charge in [-0.1, -0.05) is 227 Å². The molecule has 0 radical (unpaired) electrons. The second-order valence-corrected chi connectivity index (χ2v) is 33.6. The Morgan fingerprint density at radius 3 is 0.738 bits per heavy atom. The number of rotatable bonds is 6. The first-order valence-electron chi connectivity index (χ1n) is 24.5. The molecule has 0 fully saturated rings. The van der Waals surface area contributed by atoms with Gasteiger partial charge >= 0.3 is 0 Å². The minimum atomic E-state index is -2.41. The zero-order valence-electron chi connectivity index (χ0n) is 46.1. The van der Waals surface area contributed by atoms with E-state index in [0.29, 0.717) is 0 Å². The van der Waals surface area contributed by atoms with Crippen LogP contribution in [0.25, 0.3) is 0 Å². The minimum Gasteiger partial charge on any atom is -0.0613 e. The summed E-state index contributed by atoms with van der Waals surface area (Å²) in [5.74, 6) is 0. The van der Waals surface area contributed by atoms with Crippen LogP contribution in [0, 0.1) is 0 Å². The molecule has 0 saturated carbocycles. The Kier molecular flexibility index (Phi) is 14.2. The number of hydrogen-bond acceptors (Lipinski definition) is 0. The van der Waals surface area contributed by atoms with E-state index < -0.39 is 15.2 Å². The summed E-state index contributed by atoms with van der Waals surface area (Å²) in [6.45, 7) is 60.0. The zero-order valence-corrected chi connectivity index (χ0v) is 47.9. The van der Waals surface area contributed by atoms with Crippen LogP contribution in [0.3, 0.4) is 0 Å². The topological polar surface area (TPSA) is 0 Å². The summed E-state index contributed by atoms with van der Waals surface area (Å²) in [6.07, 6.45) is 0. The van der Waals surface area contributed by atoms with Gasteiger partial charge in [-0.15, -0.1) is 0 Å². The van der Waals surface area contributed by atoms with Crippen LogP contribution in [0.1, 0.15) is 211 Å². The molecule has 0 atom stereocenters. The molecule has 0 aliphatic heterocycles. The molecule has 352 valence electrons. The zero-order chi connectivity index (χ0) is 49.5. The molecule has 5 aromatic rings. The molecule has 0 nitrogen and oxygen atoms in total. The molecule has 0 aliphatic carbocycles. The van der Waals surface area contributed by atoms with E-state index in [1.54, 1.807) is 0 Å². The maximum Gasteiger partial charge on any atom is 0.112 e. The van der Waals surface area contributed by atoms with Gasteiger partial charge in [0.1, 0.15) is 23.2 Å². The van der Waals surface area contributed by atoms with E-state index in [-0.39, 0.29) is 43.3 Å². The first kappa shape index (κ1) is 52.9. The minimum absolute atomic E-state index is 0.0185. The molecule has 0 N–H and O–H groups in total. The van der Waals surface area contributed by atoms with Crippen molar-refractivity contribution >= 4 is 47.0 Å². The van der Waals surface area contributed by atoms with Crippen LogP contribution in [0.4, 0.5) is 0 Å².